The minimum absolute atomic E-state index is 0.0523. The van der Waals surface area contributed by atoms with E-state index in [2.05, 4.69) is 15.8 Å². The zero-order valence-electron chi connectivity index (χ0n) is 17.4. The molecule has 3 rings (SSSR count). The predicted molar refractivity (Wildman–Crippen MR) is 122 cm³/mol. The minimum Gasteiger partial charge on any atom is -0.493 e. The number of amides is 2. The summed E-state index contributed by atoms with van der Waals surface area (Å²) in [5.41, 5.74) is 3.52. The maximum absolute atomic E-state index is 11.9. The second kappa shape index (κ2) is 11.7. The zero-order chi connectivity index (χ0) is 22.9. The summed E-state index contributed by atoms with van der Waals surface area (Å²) in [5.74, 6) is -0.927. The first-order valence-corrected chi connectivity index (χ1v) is 10.7. The standard InChI is InChI=1S/C22H23Cl2N3O5/c1-30-19-10-14(9-18(24)20(19)32-13-15-5-2-3-7-17(15)23)11-26-27-22(29)21(28)25-12-16-6-4-8-31-16/h2-3,5,7,9-11,16H,4,6,8,12-13H2,1H3,(H,25,28)(H,27,29)/b26-11-/t16-/m0/s1. The highest BCUT2D eigenvalue weighted by Crippen LogP contribution is 2.37. The van der Waals surface area contributed by atoms with Crippen molar-refractivity contribution >= 4 is 41.2 Å². The molecule has 1 aliphatic heterocycles. The molecule has 170 valence electrons. The Balaban J connectivity index is 1.57. The van der Waals surface area contributed by atoms with Crippen LogP contribution in [0.15, 0.2) is 41.5 Å². The Bertz CT molecular complexity index is 994. The van der Waals surface area contributed by atoms with Crippen LogP contribution in [-0.2, 0) is 20.9 Å². The quantitative estimate of drug-likeness (QED) is 0.343. The van der Waals surface area contributed by atoms with E-state index in [4.69, 9.17) is 37.4 Å². The van der Waals surface area contributed by atoms with E-state index in [1.54, 1.807) is 18.2 Å². The Morgan fingerprint density at radius 2 is 2.03 bits per heavy atom. The number of nitrogens with one attached hydrogen (secondary N) is 2. The van der Waals surface area contributed by atoms with Crippen LogP contribution >= 0.6 is 23.2 Å². The van der Waals surface area contributed by atoms with Gasteiger partial charge in [0.15, 0.2) is 11.5 Å². The number of ether oxygens (including phenoxy) is 3. The molecular weight excluding hydrogens is 457 g/mol. The zero-order valence-corrected chi connectivity index (χ0v) is 18.9. The summed E-state index contributed by atoms with van der Waals surface area (Å²) in [6.07, 6.45) is 3.11. The molecule has 0 spiro atoms. The van der Waals surface area contributed by atoms with Gasteiger partial charge < -0.3 is 19.5 Å². The average Bonchev–Trinajstić information content (AvgIpc) is 3.31. The van der Waals surface area contributed by atoms with E-state index in [1.165, 1.54) is 13.3 Å². The molecule has 1 fully saturated rings. The molecule has 0 bridgehead atoms. The number of carbonyl (C=O) groups is 2. The number of rotatable bonds is 8. The van der Waals surface area contributed by atoms with Crippen molar-refractivity contribution in [1.29, 1.82) is 0 Å². The highest BCUT2D eigenvalue weighted by Gasteiger charge is 2.19. The van der Waals surface area contributed by atoms with Crippen molar-refractivity contribution in [3.05, 3.63) is 57.6 Å². The summed E-state index contributed by atoms with van der Waals surface area (Å²) >= 11 is 12.5. The highest BCUT2D eigenvalue weighted by molar-refractivity contribution is 6.35. The van der Waals surface area contributed by atoms with Gasteiger partial charge in [-0.05, 0) is 36.6 Å². The number of methoxy groups -OCH3 is 1. The van der Waals surface area contributed by atoms with Gasteiger partial charge in [-0.15, -0.1) is 0 Å². The molecule has 0 aromatic heterocycles. The Kier molecular flexibility index (Phi) is 8.72. The first-order valence-electron chi connectivity index (χ1n) is 9.94. The summed E-state index contributed by atoms with van der Waals surface area (Å²) in [6, 6.07) is 10.6. The lowest BCUT2D eigenvalue weighted by Gasteiger charge is -2.14. The Morgan fingerprint density at radius 3 is 2.75 bits per heavy atom. The summed E-state index contributed by atoms with van der Waals surface area (Å²) in [7, 11) is 1.48. The number of nitrogens with zero attached hydrogens (tertiary/aromatic N) is 1. The molecule has 0 unspecified atom stereocenters. The first kappa shape index (κ1) is 23.8. The van der Waals surface area contributed by atoms with Crippen LogP contribution in [0.2, 0.25) is 10.0 Å². The third kappa shape index (κ3) is 6.59. The number of hydrazone groups is 1. The molecule has 0 saturated carbocycles. The summed E-state index contributed by atoms with van der Waals surface area (Å²) in [4.78, 5) is 23.7. The lowest BCUT2D eigenvalue weighted by atomic mass is 10.2. The molecule has 2 N–H and O–H groups in total. The van der Waals surface area contributed by atoms with Gasteiger partial charge in [-0.25, -0.2) is 5.43 Å². The van der Waals surface area contributed by atoms with Crippen LogP contribution in [-0.4, -0.2) is 44.4 Å². The Labute approximate surface area is 195 Å². The molecule has 10 heteroatoms. The first-order chi connectivity index (χ1) is 15.5. The van der Waals surface area contributed by atoms with E-state index in [1.807, 2.05) is 18.2 Å². The van der Waals surface area contributed by atoms with Crippen molar-refractivity contribution in [2.24, 2.45) is 5.10 Å². The smallest absolute Gasteiger partial charge is 0.329 e. The molecule has 8 nitrogen and oxygen atoms in total. The van der Waals surface area contributed by atoms with E-state index >= 15 is 0 Å². The van der Waals surface area contributed by atoms with Crippen molar-refractivity contribution in [2.75, 3.05) is 20.3 Å². The molecule has 32 heavy (non-hydrogen) atoms. The van der Waals surface area contributed by atoms with Gasteiger partial charge in [-0.3, -0.25) is 9.59 Å². The van der Waals surface area contributed by atoms with Crippen LogP contribution < -0.4 is 20.2 Å². The molecule has 2 aromatic rings. The largest absolute Gasteiger partial charge is 0.493 e. The fourth-order valence-electron chi connectivity index (χ4n) is 3.03. The third-order valence-corrected chi connectivity index (χ3v) is 5.33. The van der Waals surface area contributed by atoms with E-state index in [0.717, 1.165) is 18.4 Å². The van der Waals surface area contributed by atoms with Crippen LogP contribution in [0.3, 0.4) is 0 Å². The van der Waals surface area contributed by atoms with Crippen LogP contribution in [0.25, 0.3) is 0 Å². The van der Waals surface area contributed by atoms with Crippen molar-refractivity contribution in [2.45, 2.75) is 25.6 Å². The minimum atomic E-state index is -0.878. The van der Waals surface area contributed by atoms with E-state index < -0.39 is 11.8 Å². The summed E-state index contributed by atoms with van der Waals surface area (Å²) in [5, 5.41) is 7.20. The molecule has 0 aliphatic carbocycles. The second-order valence-corrected chi connectivity index (χ2v) is 7.77. The fraction of sp³-hybridized carbons (Fsp3) is 0.318. The van der Waals surface area contributed by atoms with Gasteiger partial charge in [0, 0.05) is 23.7 Å². The Hall–Kier alpha value is -2.81. The molecule has 1 aliphatic rings. The summed E-state index contributed by atoms with van der Waals surface area (Å²) in [6.45, 7) is 1.17. The predicted octanol–water partition coefficient (Wildman–Crippen LogP) is 3.33. The Morgan fingerprint density at radius 1 is 1.22 bits per heavy atom. The fourth-order valence-corrected chi connectivity index (χ4v) is 3.49. The van der Waals surface area contributed by atoms with Gasteiger partial charge in [0.1, 0.15) is 6.61 Å². The number of hydrogen-bond donors (Lipinski definition) is 2. The molecule has 1 heterocycles. The molecule has 1 saturated heterocycles. The van der Waals surface area contributed by atoms with Gasteiger partial charge >= 0.3 is 11.8 Å². The topological polar surface area (TPSA) is 98.2 Å². The van der Waals surface area contributed by atoms with Crippen LogP contribution in [0, 0.1) is 0 Å². The average molecular weight is 480 g/mol. The number of benzene rings is 2. The van der Waals surface area contributed by atoms with Crippen molar-refractivity contribution in [3.8, 4) is 11.5 Å². The monoisotopic (exact) mass is 479 g/mol. The molecule has 0 radical (unpaired) electrons. The SMILES string of the molecule is COc1cc(/C=N\NC(=O)C(=O)NC[C@@H]2CCCO2)cc(Cl)c1OCc1ccccc1Cl. The number of carbonyl (C=O) groups excluding carboxylic acids is 2. The molecule has 2 aromatic carbocycles. The van der Waals surface area contributed by atoms with Gasteiger partial charge in [-0.2, -0.15) is 5.10 Å². The van der Waals surface area contributed by atoms with Crippen LogP contribution in [0.5, 0.6) is 11.5 Å². The third-order valence-electron chi connectivity index (χ3n) is 4.68. The van der Waals surface area contributed by atoms with Gasteiger partial charge in [-0.1, -0.05) is 41.4 Å². The second-order valence-electron chi connectivity index (χ2n) is 6.96. The highest BCUT2D eigenvalue weighted by atomic mass is 35.5. The van der Waals surface area contributed by atoms with Gasteiger partial charge in [0.2, 0.25) is 0 Å². The lowest BCUT2D eigenvalue weighted by molar-refractivity contribution is -0.139. The van der Waals surface area contributed by atoms with E-state index in [-0.39, 0.29) is 12.7 Å². The number of hydrogen-bond acceptors (Lipinski definition) is 6. The van der Waals surface area contributed by atoms with Gasteiger partial charge in [0.05, 0.1) is 24.5 Å². The normalized spacial score (nSPS) is 15.5. The molecular formula is C22H23Cl2N3O5. The lowest BCUT2D eigenvalue weighted by Crippen LogP contribution is -2.41. The van der Waals surface area contributed by atoms with Crippen molar-refractivity contribution in [3.63, 3.8) is 0 Å². The van der Waals surface area contributed by atoms with E-state index in [0.29, 0.717) is 40.3 Å². The van der Waals surface area contributed by atoms with Crippen molar-refractivity contribution < 1.29 is 23.8 Å². The van der Waals surface area contributed by atoms with Crippen LogP contribution in [0.4, 0.5) is 0 Å². The van der Waals surface area contributed by atoms with Crippen molar-refractivity contribution in [1.82, 2.24) is 10.7 Å². The molecule has 1 atom stereocenters. The maximum atomic E-state index is 11.9. The number of halogens is 2. The molecule has 2 amide bonds. The van der Waals surface area contributed by atoms with E-state index in [9.17, 15) is 9.59 Å². The maximum Gasteiger partial charge on any atom is 0.329 e. The summed E-state index contributed by atoms with van der Waals surface area (Å²) < 4.78 is 16.6. The van der Waals surface area contributed by atoms with Crippen LogP contribution in [0.1, 0.15) is 24.0 Å². The van der Waals surface area contributed by atoms with Gasteiger partial charge in [0.25, 0.3) is 0 Å².